The van der Waals surface area contributed by atoms with Crippen LogP contribution >= 0.6 is 0 Å². The van der Waals surface area contributed by atoms with Gasteiger partial charge < -0.3 is 15.6 Å². The maximum Gasteiger partial charge on any atom is 0.139 e. The quantitative estimate of drug-likeness (QED) is 0.863. The Morgan fingerprint density at radius 2 is 2.00 bits per heavy atom. The molecule has 2 heterocycles. The van der Waals surface area contributed by atoms with Crippen LogP contribution in [-0.2, 0) is 0 Å². The molecular weight excluding hydrogens is 230 g/mol. The number of hydrogen-bond donors (Lipinski definition) is 2. The topological polar surface area (TPSA) is 89.9 Å². The second kappa shape index (κ2) is 4.64. The summed E-state index contributed by atoms with van der Waals surface area (Å²) in [5.41, 5.74) is 8.53. The number of aryl methyl sites for hydroxylation is 2. The fourth-order valence-corrected chi connectivity index (χ4v) is 1.99. The first-order valence-corrected chi connectivity index (χ1v) is 5.77. The van der Waals surface area contributed by atoms with Crippen LogP contribution in [0.2, 0.25) is 0 Å². The Morgan fingerprint density at radius 1 is 1.28 bits per heavy atom. The molecule has 2 rings (SSSR count). The molecule has 0 aliphatic carbocycles. The zero-order valence-corrected chi connectivity index (χ0v) is 11.0. The molecule has 6 nitrogen and oxygen atoms in total. The molecule has 6 heteroatoms. The van der Waals surface area contributed by atoms with Gasteiger partial charge >= 0.3 is 0 Å². The smallest absolute Gasteiger partial charge is 0.139 e. The minimum atomic E-state index is 0.0456. The van der Waals surface area contributed by atoms with Crippen molar-refractivity contribution in [1.29, 1.82) is 0 Å². The van der Waals surface area contributed by atoms with Crippen molar-refractivity contribution >= 4 is 11.6 Å². The number of anilines is 2. The number of nitrogens with two attached hydrogens (primary N) is 1. The summed E-state index contributed by atoms with van der Waals surface area (Å²) in [4.78, 5) is 8.14. The summed E-state index contributed by atoms with van der Waals surface area (Å²) in [6.07, 6.45) is 1.45. The number of nitrogens with one attached hydrogen (secondary N) is 1. The lowest BCUT2D eigenvalue weighted by Gasteiger charge is -2.16. The van der Waals surface area contributed by atoms with Crippen molar-refractivity contribution in [1.82, 2.24) is 15.1 Å². The highest BCUT2D eigenvalue weighted by molar-refractivity contribution is 5.55. The van der Waals surface area contributed by atoms with Gasteiger partial charge in [0.15, 0.2) is 0 Å². The lowest BCUT2D eigenvalue weighted by Crippen LogP contribution is -2.12. The zero-order valence-electron chi connectivity index (χ0n) is 11.0. The van der Waals surface area contributed by atoms with Crippen LogP contribution in [-0.4, -0.2) is 15.1 Å². The van der Waals surface area contributed by atoms with Gasteiger partial charge in [-0.3, -0.25) is 0 Å². The lowest BCUT2D eigenvalue weighted by molar-refractivity contribution is 0.392. The minimum Gasteiger partial charge on any atom is -0.383 e. The molecule has 96 valence electrons. The Hall–Kier alpha value is -2.11. The maximum atomic E-state index is 5.75. The van der Waals surface area contributed by atoms with Gasteiger partial charge in [-0.2, -0.15) is 0 Å². The molecule has 0 aliphatic rings. The van der Waals surface area contributed by atoms with Crippen LogP contribution in [0, 0.1) is 20.8 Å². The molecule has 0 amide bonds. The largest absolute Gasteiger partial charge is 0.383 e. The molecule has 18 heavy (non-hydrogen) atoms. The standard InChI is InChI=1S/C12H17N5O/c1-6-11(13)14-5-15-12(6)16-7(2)10-8(3)17-18-9(10)4/h5,7H,1-4H3,(H3,13,14,15,16). The molecule has 2 aromatic rings. The Morgan fingerprint density at radius 3 is 2.61 bits per heavy atom. The van der Waals surface area contributed by atoms with Gasteiger partial charge in [-0.15, -0.1) is 0 Å². The molecule has 0 aliphatic heterocycles. The van der Waals surface area contributed by atoms with Gasteiger partial charge in [-0.1, -0.05) is 5.16 Å². The Bertz CT molecular complexity index is 544. The number of nitrogens with zero attached hydrogens (tertiary/aromatic N) is 3. The number of rotatable bonds is 3. The highest BCUT2D eigenvalue weighted by atomic mass is 16.5. The van der Waals surface area contributed by atoms with Gasteiger partial charge in [0.05, 0.1) is 11.7 Å². The highest BCUT2D eigenvalue weighted by Crippen LogP contribution is 2.26. The maximum absolute atomic E-state index is 5.75. The average Bonchev–Trinajstić information content (AvgIpc) is 2.65. The molecule has 2 aromatic heterocycles. The summed E-state index contributed by atoms with van der Waals surface area (Å²) < 4.78 is 5.16. The van der Waals surface area contributed by atoms with Crippen molar-refractivity contribution in [3.05, 3.63) is 28.9 Å². The van der Waals surface area contributed by atoms with E-state index in [1.165, 1.54) is 6.33 Å². The average molecular weight is 247 g/mol. The summed E-state index contributed by atoms with van der Waals surface area (Å²) >= 11 is 0. The first-order chi connectivity index (χ1) is 8.50. The van der Waals surface area contributed by atoms with Gasteiger partial charge in [0.25, 0.3) is 0 Å². The van der Waals surface area contributed by atoms with Gasteiger partial charge in [0, 0.05) is 11.1 Å². The summed E-state index contributed by atoms with van der Waals surface area (Å²) in [6, 6.07) is 0.0456. The SMILES string of the molecule is Cc1noc(C)c1C(C)Nc1ncnc(N)c1C. The Labute approximate surface area is 106 Å². The second-order valence-electron chi connectivity index (χ2n) is 4.34. The van der Waals surface area contributed by atoms with E-state index in [9.17, 15) is 0 Å². The predicted octanol–water partition coefficient (Wildman–Crippen LogP) is 2.15. The fourth-order valence-electron chi connectivity index (χ4n) is 1.99. The zero-order chi connectivity index (χ0) is 13.3. The van der Waals surface area contributed by atoms with Crippen LogP contribution in [0.4, 0.5) is 11.6 Å². The lowest BCUT2D eigenvalue weighted by atomic mass is 10.1. The summed E-state index contributed by atoms with van der Waals surface area (Å²) in [5.74, 6) is 2.03. The molecule has 0 saturated heterocycles. The second-order valence-corrected chi connectivity index (χ2v) is 4.34. The molecule has 1 atom stereocenters. The molecular formula is C12H17N5O. The van der Waals surface area contributed by atoms with Crippen molar-refractivity contribution in [2.45, 2.75) is 33.7 Å². The predicted molar refractivity (Wildman–Crippen MR) is 69.2 cm³/mol. The van der Waals surface area contributed by atoms with E-state index in [0.29, 0.717) is 5.82 Å². The van der Waals surface area contributed by atoms with Gasteiger partial charge in [0.1, 0.15) is 23.7 Å². The minimum absolute atomic E-state index is 0.0456. The van der Waals surface area contributed by atoms with E-state index in [2.05, 4.69) is 20.4 Å². The first-order valence-electron chi connectivity index (χ1n) is 5.77. The molecule has 0 fully saturated rings. The number of aromatic nitrogens is 3. The number of nitrogen functional groups attached to an aromatic ring is 1. The van der Waals surface area contributed by atoms with E-state index in [-0.39, 0.29) is 6.04 Å². The van der Waals surface area contributed by atoms with E-state index in [1.807, 2.05) is 27.7 Å². The molecule has 0 saturated carbocycles. The molecule has 0 aromatic carbocycles. The van der Waals surface area contributed by atoms with Crippen LogP contribution in [0.5, 0.6) is 0 Å². The van der Waals surface area contributed by atoms with Gasteiger partial charge in [-0.25, -0.2) is 9.97 Å². The van der Waals surface area contributed by atoms with E-state index in [1.54, 1.807) is 0 Å². The highest BCUT2D eigenvalue weighted by Gasteiger charge is 2.17. The Balaban J connectivity index is 2.27. The van der Waals surface area contributed by atoms with Crippen molar-refractivity contribution in [3.8, 4) is 0 Å². The molecule has 1 unspecified atom stereocenters. The molecule has 3 N–H and O–H groups in total. The Kier molecular flexibility index (Phi) is 3.18. The molecule has 0 radical (unpaired) electrons. The van der Waals surface area contributed by atoms with Crippen LogP contribution < -0.4 is 11.1 Å². The van der Waals surface area contributed by atoms with Crippen molar-refractivity contribution < 1.29 is 4.52 Å². The third kappa shape index (κ3) is 2.13. The van der Waals surface area contributed by atoms with Crippen molar-refractivity contribution in [3.63, 3.8) is 0 Å². The summed E-state index contributed by atoms with van der Waals surface area (Å²) in [7, 11) is 0. The monoisotopic (exact) mass is 247 g/mol. The summed E-state index contributed by atoms with van der Waals surface area (Å²) in [5, 5.41) is 7.25. The van der Waals surface area contributed by atoms with Crippen LogP contribution in [0.15, 0.2) is 10.9 Å². The van der Waals surface area contributed by atoms with E-state index in [4.69, 9.17) is 10.3 Å². The first kappa shape index (κ1) is 12.3. The fraction of sp³-hybridized carbons (Fsp3) is 0.417. The van der Waals surface area contributed by atoms with Gasteiger partial charge in [-0.05, 0) is 27.7 Å². The van der Waals surface area contributed by atoms with Crippen LogP contribution in [0.1, 0.15) is 35.5 Å². The van der Waals surface area contributed by atoms with Crippen LogP contribution in [0.25, 0.3) is 0 Å². The third-order valence-corrected chi connectivity index (χ3v) is 3.00. The molecule has 0 bridgehead atoms. The number of hydrogen-bond acceptors (Lipinski definition) is 6. The normalized spacial score (nSPS) is 12.4. The third-order valence-electron chi connectivity index (χ3n) is 3.00. The van der Waals surface area contributed by atoms with Crippen molar-refractivity contribution in [2.24, 2.45) is 0 Å². The van der Waals surface area contributed by atoms with E-state index >= 15 is 0 Å². The van der Waals surface area contributed by atoms with E-state index < -0.39 is 0 Å². The molecule has 0 spiro atoms. The summed E-state index contributed by atoms with van der Waals surface area (Å²) in [6.45, 7) is 7.74. The van der Waals surface area contributed by atoms with E-state index in [0.717, 1.165) is 28.4 Å². The van der Waals surface area contributed by atoms with Crippen LogP contribution in [0.3, 0.4) is 0 Å². The van der Waals surface area contributed by atoms with Gasteiger partial charge in [0.2, 0.25) is 0 Å². The van der Waals surface area contributed by atoms with Crippen molar-refractivity contribution in [2.75, 3.05) is 11.1 Å².